The van der Waals surface area contributed by atoms with Crippen LogP contribution in [-0.2, 0) is 11.3 Å². The van der Waals surface area contributed by atoms with Crippen LogP contribution in [0.25, 0.3) is 0 Å². The molecule has 3 rings (SSSR count). The van der Waals surface area contributed by atoms with Crippen molar-refractivity contribution < 1.29 is 9.53 Å². The van der Waals surface area contributed by atoms with Crippen molar-refractivity contribution in [2.45, 2.75) is 26.3 Å². The van der Waals surface area contributed by atoms with Gasteiger partial charge in [-0.3, -0.25) is 9.69 Å². The van der Waals surface area contributed by atoms with E-state index in [1.807, 2.05) is 29.6 Å². The molecule has 0 unspecified atom stereocenters. The minimum atomic E-state index is -0.156. The van der Waals surface area contributed by atoms with E-state index in [1.54, 1.807) is 0 Å². The number of benzene rings is 1. The number of hydrogen-bond donors (Lipinski definition) is 1. The van der Waals surface area contributed by atoms with Crippen molar-refractivity contribution in [1.29, 1.82) is 0 Å². The fraction of sp³-hybridized carbons (Fsp3) is 0.444. The average Bonchev–Trinajstić information content (AvgIpc) is 3.05. The van der Waals surface area contributed by atoms with Crippen LogP contribution in [0.4, 0.5) is 5.69 Å². The molecule has 1 N–H and O–H groups in total. The van der Waals surface area contributed by atoms with E-state index in [1.165, 1.54) is 16.9 Å². The molecular weight excluding hydrogens is 322 g/mol. The predicted octanol–water partition coefficient (Wildman–Crippen LogP) is 3.35. The summed E-state index contributed by atoms with van der Waals surface area (Å²) < 4.78 is 5.35. The second-order valence-electron chi connectivity index (χ2n) is 6.25. The first-order valence-electron chi connectivity index (χ1n) is 8.27. The molecule has 6 heteroatoms. The van der Waals surface area contributed by atoms with E-state index < -0.39 is 0 Å². The Labute approximate surface area is 146 Å². The number of amides is 1. The lowest BCUT2D eigenvalue weighted by molar-refractivity contribution is 0.0341. The Bertz CT molecular complexity index is 676. The van der Waals surface area contributed by atoms with E-state index in [-0.39, 0.29) is 5.91 Å². The number of thiazole rings is 1. The molecule has 1 fully saturated rings. The summed E-state index contributed by atoms with van der Waals surface area (Å²) >= 11 is 1.53. The average molecular weight is 345 g/mol. The van der Waals surface area contributed by atoms with Crippen molar-refractivity contribution in [2.24, 2.45) is 0 Å². The van der Waals surface area contributed by atoms with E-state index in [2.05, 4.69) is 29.0 Å². The molecule has 1 amide bonds. The van der Waals surface area contributed by atoms with Gasteiger partial charge in [-0.25, -0.2) is 4.98 Å². The molecule has 1 aliphatic heterocycles. The first-order valence-corrected chi connectivity index (χ1v) is 9.15. The van der Waals surface area contributed by atoms with Gasteiger partial charge in [-0.05, 0) is 23.6 Å². The Morgan fingerprint density at radius 2 is 2.00 bits per heavy atom. The number of ether oxygens (including phenoxy) is 1. The number of carbonyl (C=O) groups excluding carboxylic acids is 1. The molecule has 0 radical (unpaired) electrons. The number of carbonyl (C=O) groups is 1. The van der Waals surface area contributed by atoms with Gasteiger partial charge < -0.3 is 10.1 Å². The van der Waals surface area contributed by atoms with E-state index in [0.29, 0.717) is 11.6 Å². The molecule has 5 nitrogen and oxygen atoms in total. The molecular formula is C18H23N3O2S. The van der Waals surface area contributed by atoms with Crippen LogP contribution < -0.4 is 5.32 Å². The predicted molar refractivity (Wildman–Crippen MR) is 96.7 cm³/mol. The summed E-state index contributed by atoms with van der Waals surface area (Å²) in [6.45, 7) is 8.46. The molecule has 0 bridgehead atoms. The van der Waals surface area contributed by atoms with E-state index in [0.717, 1.165) is 43.5 Å². The van der Waals surface area contributed by atoms with E-state index >= 15 is 0 Å². The molecule has 24 heavy (non-hydrogen) atoms. The van der Waals surface area contributed by atoms with Gasteiger partial charge in [0.05, 0.1) is 19.8 Å². The Morgan fingerprint density at radius 3 is 2.67 bits per heavy atom. The number of hydrogen-bond acceptors (Lipinski definition) is 5. The maximum Gasteiger partial charge on any atom is 0.275 e. The zero-order valence-electron chi connectivity index (χ0n) is 14.1. The van der Waals surface area contributed by atoms with Gasteiger partial charge in [0.2, 0.25) is 0 Å². The van der Waals surface area contributed by atoms with Crippen molar-refractivity contribution in [3.63, 3.8) is 0 Å². The molecule has 128 valence electrons. The topological polar surface area (TPSA) is 54.5 Å². The number of nitrogens with one attached hydrogen (secondary N) is 1. The third kappa shape index (κ3) is 4.41. The van der Waals surface area contributed by atoms with Crippen LogP contribution in [0.5, 0.6) is 0 Å². The van der Waals surface area contributed by atoms with Crippen LogP contribution in [0.3, 0.4) is 0 Å². The summed E-state index contributed by atoms with van der Waals surface area (Å²) in [5.41, 5.74) is 2.54. The quantitative estimate of drug-likeness (QED) is 0.903. The maximum absolute atomic E-state index is 12.3. The van der Waals surface area contributed by atoms with Gasteiger partial charge in [0.15, 0.2) is 0 Å². The molecule has 0 spiro atoms. The third-order valence-corrected chi connectivity index (χ3v) is 4.92. The van der Waals surface area contributed by atoms with E-state index in [9.17, 15) is 4.79 Å². The van der Waals surface area contributed by atoms with Crippen LogP contribution in [0.15, 0.2) is 29.6 Å². The monoisotopic (exact) mass is 345 g/mol. The molecule has 1 aromatic heterocycles. The van der Waals surface area contributed by atoms with Gasteiger partial charge in [-0.2, -0.15) is 0 Å². The molecule has 1 saturated heterocycles. The van der Waals surface area contributed by atoms with Gasteiger partial charge in [0, 0.05) is 24.2 Å². The third-order valence-electron chi connectivity index (χ3n) is 4.08. The second kappa shape index (κ2) is 7.88. The van der Waals surface area contributed by atoms with Gasteiger partial charge >= 0.3 is 0 Å². The zero-order valence-corrected chi connectivity index (χ0v) is 14.9. The fourth-order valence-corrected chi connectivity index (χ4v) is 3.40. The van der Waals surface area contributed by atoms with Crippen molar-refractivity contribution in [3.05, 3.63) is 45.9 Å². The van der Waals surface area contributed by atoms with Gasteiger partial charge in [0.1, 0.15) is 10.7 Å². The highest BCUT2D eigenvalue weighted by atomic mass is 32.1. The minimum absolute atomic E-state index is 0.156. The SMILES string of the molecule is CC(C)c1ccc(NC(=O)c2csc(CN3CCOCC3)n2)cc1. The summed E-state index contributed by atoms with van der Waals surface area (Å²) in [6.07, 6.45) is 0. The molecule has 0 saturated carbocycles. The first-order chi connectivity index (χ1) is 11.6. The second-order valence-corrected chi connectivity index (χ2v) is 7.19. The Kier molecular flexibility index (Phi) is 5.60. The lowest BCUT2D eigenvalue weighted by Crippen LogP contribution is -2.35. The summed E-state index contributed by atoms with van der Waals surface area (Å²) in [5, 5.41) is 5.71. The Balaban J connectivity index is 1.58. The Morgan fingerprint density at radius 1 is 1.29 bits per heavy atom. The Hall–Kier alpha value is -1.76. The number of anilines is 1. The van der Waals surface area contributed by atoms with Crippen LogP contribution in [-0.4, -0.2) is 42.1 Å². The highest BCUT2D eigenvalue weighted by Gasteiger charge is 2.15. The molecule has 2 aromatic rings. The fourth-order valence-electron chi connectivity index (χ4n) is 2.58. The summed E-state index contributed by atoms with van der Waals surface area (Å²) in [7, 11) is 0. The standard InChI is InChI=1S/C18H23N3O2S/c1-13(2)14-3-5-15(6-4-14)19-18(22)16-12-24-17(20-16)11-21-7-9-23-10-8-21/h3-6,12-13H,7-11H2,1-2H3,(H,19,22). The highest BCUT2D eigenvalue weighted by Crippen LogP contribution is 2.19. The van der Waals surface area contributed by atoms with Crippen molar-refractivity contribution in [2.75, 3.05) is 31.6 Å². The lowest BCUT2D eigenvalue weighted by atomic mass is 10.0. The molecule has 1 aliphatic rings. The van der Waals surface area contributed by atoms with Crippen molar-refractivity contribution in [1.82, 2.24) is 9.88 Å². The number of aromatic nitrogens is 1. The summed E-state index contributed by atoms with van der Waals surface area (Å²) in [4.78, 5) is 19.1. The first kappa shape index (κ1) is 17.1. The van der Waals surface area contributed by atoms with Gasteiger partial charge in [-0.15, -0.1) is 11.3 Å². The van der Waals surface area contributed by atoms with Crippen LogP contribution in [0.2, 0.25) is 0 Å². The molecule has 1 aromatic carbocycles. The molecule has 0 aliphatic carbocycles. The van der Waals surface area contributed by atoms with Gasteiger partial charge in [-0.1, -0.05) is 26.0 Å². The lowest BCUT2D eigenvalue weighted by Gasteiger charge is -2.25. The van der Waals surface area contributed by atoms with Crippen LogP contribution in [0.1, 0.15) is 40.8 Å². The largest absolute Gasteiger partial charge is 0.379 e. The zero-order chi connectivity index (χ0) is 16.9. The van der Waals surface area contributed by atoms with E-state index in [4.69, 9.17) is 4.74 Å². The normalized spacial score (nSPS) is 15.6. The smallest absolute Gasteiger partial charge is 0.275 e. The van der Waals surface area contributed by atoms with Crippen LogP contribution in [0, 0.1) is 0 Å². The number of morpholine rings is 1. The van der Waals surface area contributed by atoms with Crippen LogP contribution >= 0.6 is 11.3 Å². The summed E-state index contributed by atoms with van der Waals surface area (Å²) in [6, 6.07) is 7.97. The number of nitrogens with zero attached hydrogens (tertiary/aromatic N) is 2. The number of rotatable bonds is 5. The molecule has 0 atom stereocenters. The van der Waals surface area contributed by atoms with Crippen molar-refractivity contribution >= 4 is 22.9 Å². The van der Waals surface area contributed by atoms with Gasteiger partial charge in [0.25, 0.3) is 5.91 Å². The highest BCUT2D eigenvalue weighted by molar-refractivity contribution is 7.09. The van der Waals surface area contributed by atoms with Crippen molar-refractivity contribution in [3.8, 4) is 0 Å². The minimum Gasteiger partial charge on any atom is -0.379 e. The maximum atomic E-state index is 12.3. The molecule has 2 heterocycles. The summed E-state index contributed by atoms with van der Waals surface area (Å²) in [5.74, 6) is 0.327.